The van der Waals surface area contributed by atoms with Crippen molar-refractivity contribution in [2.75, 3.05) is 12.9 Å². The number of benzene rings is 2. The van der Waals surface area contributed by atoms with Gasteiger partial charge < -0.3 is 9.47 Å². The van der Waals surface area contributed by atoms with Crippen LogP contribution in [0.5, 0.6) is 5.75 Å². The molecule has 0 aliphatic rings. The summed E-state index contributed by atoms with van der Waals surface area (Å²) >= 11 is 1.66. The fraction of sp³-hybridized carbons (Fsp3) is 0.458. The molecule has 3 nitrogen and oxygen atoms in total. The highest BCUT2D eigenvalue weighted by Gasteiger charge is 2.12. The number of methoxy groups -OCH3 is 1. The SMILES string of the molecule is CCCCCC(CC)OC(=O)CCSc1cc(OC)cc(-c2ccccc2)c1. The molecule has 2 rings (SSSR count). The van der Waals surface area contributed by atoms with Crippen molar-refractivity contribution in [1.29, 1.82) is 0 Å². The van der Waals surface area contributed by atoms with Crippen molar-refractivity contribution in [2.24, 2.45) is 0 Å². The van der Waals surface area contributed by atoms with Crippen molar-refractivity contribution in [3.05, 3.63) is 48.5 Å². The molecule has 0 heterocycles. The summed E-state index contributed by atoms with van der Waals surface area (Å²) < 4.78 is 11.1. The smallest absolute Gasteiger partial charge is 0.306 e. The van der Waals surface area contributed by atoms with Crippen molar-refractivity contribution >= 4 is 17.7 Å². The summed E-state index contributed by atoms with van der Waals surface area (Å²) in [5.41, 5.74) is 2.27. The Morgan fingerprint density at radius 2 is 1.82 bits per heavy atom. The molecule has 4 heteroatoms. The fourth-order valence-electron chi connectivity index (χ4n) is 3.04. The Balaban J connectivity index is 1.89. The van der Waals surface area contributed by atoms with Crippen LogP contribution in [-0.4, -0.2) is 24.9 Å². The maximum absolute atomic E-state index is 12.2. The monoisotopic (exact) mass is 400 g/mol. The summed E-state index contributed by atoms with van der Waals surface area (Å²) in [5, 5.41) is 0. The Hall–Kier alpha value is -1.94. The minimum atomic E-state index is -0.0953. The van der Waals surface area contributed by atoms with Gasteiger partial charge in [0.1, 0.15) is 11.9 Å². The Kier molecular flexibility index (Phi) is 9.98. The summed E-state index contributed by atoms with van der Waals surface area (Å²) in [6.45, 7) is 4.27. The number of thioether (sulfide) groups is 1. The summed E-state index contributed by atoms with van der Waals surface area (Å²) in [6, 6.07) is 16.4. The average molecular weight is 401 g/mol. The third-order valence-corrected chi connectivity index (χ3v) is 5.66. The van der Waals surface area contributed by atoms with Crippen LogP contribution in [0.3, 0.4) is 0 Å². The van der Waals surface area contributed by atoms with Gasteiger partial charge in [0, 0.05) is 10.6 Å². The lowest BCUT2D eigenvalue weighted by Crippen LogP contribution is -2.17. The summed E-state index contributed by atoms with van der Waals surface area (Å²) in [6.07, 6.45) is 5.86. The molecule has 1 unspecified atom stereocenters. The molecule has 2 aromatic carbocycles. The Morgan fingerprint density at radius 1 is 1.04 bits per heavy atom. The Bertz CT molecular complexity index is 715. The number of hydrogen-bond acceptors (Lipinski definition) is 4. The van der Waals surface area contributed by atoms with E-state index in [4.69, 9.17) is 9.47 Å². The zero-order valence-electron chi connectivity index (χ0n) is 17.3. The zero-order chi connectivity index (χ0) is 20.2. The van der Waals surface area contributed by atoms with E-state index in [1.165, 1.54) is 12.8 Å². The number of carbonyl (C=O) groups excluding carboxylic acids is 1. The highest BCUT2D eigenvalue weighted by Crippen LogP contribution is 2.31. The van der Waals surface area contributed by atoms with Gasteiger partial charge in [0.15, 0.2) is 0 Å². The van der Waals surface area contributed by atoms with Gasteiger partial charge in [-0.15, -0.1) is 11.8 Å². The van der Waals surface area contributed by atoms with Gasteiger partial charge >= 0.3 is 5.97 Å². The van der Waals surface area contributed by atoms with Crippen molar-refractivity contribution in [1.82, 2.24) is 0 Å². The lowest BCUT2D eigenvalue weighted by atomic mass is 10.1. The molecular weight excluding hydrogens is 368 g/mol. The third kappa shape index (κ3) is 7.59. The van der Waals surface area contributed by atoms with E-state index in [1.54, 1.807) is 18.9 Å². The van der Waals surface area contributed by atoms with Gasteiger partial charge in [-0.05, 0) is 48.6 Å². The first-order valence-corrected chi connectivity index (χ1v) is 11.2. The highest BCUT2D eigenvalue weighted by atomic mass is 32.2. The molecule has 0 saturated heterocycles. The van der Waals surface area contributed by atoms with Gasteiger partial charge in [0.2, 0.25) is 0 Å². The second-order valence-electron chi connectivity index (χ2n) is 6.88. The molecule has 0 fully saturated rings. The lowest BCUT2D eigenvalue weighted by molar-refractivity contribution is -0.149. The van der Waals surface area contributed by atoms with Crippen molar-refractivity contribution in [3.8, 4) is 16.9 Å². The Labute approximate surface area is 173 Å². The standard InChI is InChI=1S/C24H32O3S/c1-4-6-8-13-21(5-2)27-24(25)14-15-28-23-17-20(16-22(18-23)26-3)19-11-9-7-10-12-19/h7,9-12,16-18,21H,4-6,8,13-15H2,1-3H3. The van der Waals surface area contributed by atoms with Crippen LogP contribution in [0.4, 0.5) is 0 Å². The van der Waals surface area contributed by atoms with Crippen LogP contribution >= 0.6 is 11.8 Å². The zero-order valence-corrected chi connectivity index (χ0v) is 18.1. The van der Waals surface area contributed by atoms with E-state index in [0.29, 0.717) is 12.2 Å². The third-order valence-electron chi connectivity index (χ3n) is 4.68. The van der Waals surface area contributed by atoms with Crippen LogP contribution in [0.2, 0.25) is 0 Å². The molecule has 0 aliphatic heterocycles. The van der Waals surface area contributed by atoms with E-state index in [0.717, 1.165) is 41.0 Å². The summed E-state index contributed by atoms with van der Waals surface area (Å²) in [7, 11) is 1.68. The second-order valence-corrected chi connectivity index (χ2v) is 8.05. The van der Waals surface area contributed by atoms with E-state index >= 15 is 0 Å². The van der Waals surface area contributed by atoms with Gasteiger partial charge in [-0.2, -0.15) is 0 Å². The number of hydrogen-bond donors (Lipinski definition) is 0. The maximum Gasteiger partial charge on any atom is 0.306 e. The van der Waals surface area contributed by atoms with Gasteiger partial charge in [0.05, 0.1) is 13.5 Å². The molecule has 1 atom stereocenters. The molecule has 0 aromatic heterocycles. The first-order chi connectivity index (χ1) is 13.7. The molecule has 0 amide bonds. The normalized spacial score (nSPS) is 11.8. The van der Waals surface area contributed by atoms with Gasteiger partial charge in [-0.1, -0.05) is 57.0 Å². The second kappa shape index (κ2) is 12.5. The predicted octanol–water partition coefficient (Wildman–Crippen LogP) is 6.75. The van der Waals surface area contributed by atoms with Crippen LogP contribution in [0.15, 0.2) is 53.4 Å². The van der Waals surface area contributed by atoms with Crippen molar-refractivity contribution in [3.63, 3.8) is 0 Å². The fourth-order valence-corrected chi connectivity index (χ4v) is 3.95. The average Bonchev–Trinajstić information content (AvgIpc) is 2.73. The number of rotatable bonds is 12. The van der Waals surface area contributed by atoms with Gasteiger partial charge in [-0.25, -0.2) is 0 Å². The first-order valence-electron chi connectivity index (χ1n) is 10.2. The minimum absolute atomic E-state index is 0.0607. The molecule has 0 spiro atoms. The topological polar surface area (TPSA) is 35.5 Å². The number of carbonyl (C=O) groups is 1. The first kappa shape index (κ1) is 22.4. The molecule has 0 N–H and O–H groups in total. The quantitative estimate of drug-likeness (QED) is 0.224. The largest absolute Gasteiger partial charge is 0.497 e. The number of unbranched alkanes of at least 4 members (excludes halogenated alkanes) is 2. The van der Waals surface area contributed by atoms with Gasteiger partial charge in [0.25, 0.3) is 0 Å². The van der Waals surface area contributed by atoms with E-state index in [2.05, 4.69) is 32.0 Å². The molecule has 0 saturated carbocycles. The van der Waals surface area contributed by atoms with E-state index in [9.17, 15) is 4.79 Å². The number of esters is 1. The lowest BCUT2D eigenvalue weighted by Gasteiger charge is -2.16. The molecular formula is C24H32O3S. The van der Waals surface area contributed by atoms with Crippen LogP contribution in [0, 0.1) is 0 Å². The van der Waals surface area contributed by atoms with E-state index in [-0.39, 0.29) is 12.1 Å². The summed E-state index contributed by atoms with van der Waals surface area (Å²) in [4.78, 5) is 13.3. The van der Waals surface area contributed by atoms with Crippen molar-refractivity contribution in [2.45, 2.75) is 63.4 Å². The minimum Gasteiger partial charge on any atom is -0.497 e. The molecule has 0 radical (unpaired) electrons. The molecule has 0 bridgehead atoms. The van der Waals surface area contributed by atoms with Crippen LogP contribution in [0.25, 0.3) is 11.1 Å². The molecule has 28 heavy (non-hydrogen) atoms. The van der Waals surface area contributed by atoms with Gasteiger partial charge in [-0.3, -0.25) is 4.79 Å². The molecule has 0 aliphatic carbocycles. The molecule has 2 aromatic rings. The molecule has 152 valence electrons. The van der Waals surface area contributed by atoms with Crippen molar-refractivity contribution < 1.29 is 14.3 Å². The van der Waals surface area contributed by atoms with Crippen LogP contribution in [0.1, 0.15) is 52.4 Å². The number of ether oxygens (including phenoxy) is 2. The predicted molar refractivity (Wildman–Crippen MR) is 118 cm³/mol. The van der Waals surface area contributed by atoms with E-state index < -0.39 is 0 Å². The maximum atomic E-state index is 12.2. The van der Waals surface area contributed by atoms with Crippen LogP contribution in [-0.2, 0) is 9.53 Å². The summed E-state index contributed by atoms with van der Waals surface area (Å²) in [5.74, 6) is 1.43. The van der Waals surface area contributed by atoms with Crippen LogP contribution < -0.4 is 4.74 Å². The van der Waals surface area contributed by atoms with E-state index in [1.807, 2.05) is 30.3 Å². The Morgan fingerprint density at radius 3 is 2.50 bits per heavy atom. The highest BCUT2D eigenvalue weighted by molar-refractivity contribution is 7.99.